The maximum Gasteiger partial charge on any atom is 0.254 e. The number of para-hydroxylation sites is 2. The van der Waals surface area contributed by atoms with Gasteiger partial charge in [0.25, 0.3) is 5.91 Å². The minimum atomic E-state index is -0.0208. The standard InChI is InChI=1S/C29H27N5O2/c1-20-31-26-17-21(11-12-27(26)34(20)23-7-3-2-4-8-23)29(36)33-15-13-32(14-16-33)28(35)18-22-19-30-25-10-6-5-9-24(22)25/h2-12,17,19,30H,13-16,18H2,1H3. The van der Waals surface area contributed by atoms with Gasteiger partial charge in [-0.2, -0.15) is 0 Å². The molecule has 0 unspecified atom stereocenters. The number of aromatic amines is 1. The summed E-state index contributed by atoms with van der Waals surface area (Å²) in [5.74, 6) is 0.950. The lowest BCUT2D eigenvalue weighted by Crippen LogP contribution is -2.51. The maximum atomic E-state index is 13.3. The first-order valence-electron chi connectivity index (χ1n) is 12.2. The van der Waals surface area contributed by atoms with Crippen LogP contribution in [0.5, 0.6) is 0 Å². The second-order valence-corrected chi connectivity index (χ2v) is 9.24. The molecule has 180 valence electrons. The Bertz CT molecular complexity index is 1580. The predicted molar refractivity (Wildman–Crippen MR) is 140 cm³/mol. The fraction of sp³-hybridized carbons (Fsp3) is 0.207. The molecule has 7 nitrogen and oxygen atoms in total. The van der Waals surface area contributed by atoms with Gasteiger partial charge < -0.3 is 14.8 Å². The van der Waals surface area contributed by atoms with Crippen molar-refractivity contribution in [2.45, 2.75) is 13.3 Å². The van der Waals surface area contributed by atoms with Crippen LogP contribution in [0.3, 0.4) is 0 Å². The van der Waals surface area contributed by atoms with E-state index in [-0.39, 0.29) is 11.8 Å². The number of carbonyl (C=O) groups excluding carboxylic acids is 2. The van der Waals surface area contributed by atoms with E-state index in [2.05, 4.69) is 9.55 Å². The number of hydrogen-bond donors (Lipinski definition) is 1. The zero-order chi connectivity index (χ0) is 24.6. The minimum absolute atomic E-state index is 0.0208. The first-order valence-corrected chi connectivity index (χ1v) is 12.2. The van der Waals surface area contributed by atoms with Gasteiger partial charge in [-0.15, -0.1) is 0 Å². The molecule has 1 aliphatic rings. The van der Waals surface area contributed by atoms with Crippen molar-refractivity contribution in [1.82, 2.24) is 24.3 Å². The smallest absolute Gasteiger partial charge is 0.254 e. The van der Waals surface area contributed by atoms with Crippen LogP contribution in [-0.2, 0) is 11.2 Å². The first kappa shape index (κ1) is 22.1. The number of nitrogens with one attached hydrogen (secondary N) is 1. The van der Waals surface area contributed by atoms with Gasteiger partial charge in [0.05, 0.1) is 17.5 Å². The molecule has 0 aliphatic carbocycles. The quantitative estimate of drug-likeness (QED) is 0.418. The lowest BCUT2D eigenvalue weighted by atomic mass is 10.1. The highest BCUT2D eigenvalue weighted by atomic mass is 16.2. The van der Waals surface area contributed by atoms with Crippen LogP contribution in [0.1, 0.15) is 21.7 Å². The molecule has 0 spiro atoms. The van der Waals surface area contributed by atoms with E-state index >= 15 is 0 Å². The van der Waals surface area contributed by atoms with Crippen molar-refractivity contribution in [3.05, 3.63) is 95.9 Å². The van der Waals surface area contributed by atoms with E-state index in [1.807, 2.05) is 95.7 Å². The summed E-state index contributed by atoms with van der Waals surface area (Å²) in [6.07, 6.45) is 2.28. The van der Waals surface area contributed by atoms with Gasteiger partial charge in [0.15, 0.2) is 0 Å². The molecule has 36 heavy (non-hydrogen) atoms. The second kappa shape index (κ2) is 9.00. The van der Waals surface area contributed by atoms with Gasteiger partial charge in [-0.1, -0.05) is 36.4 Å². The normalized spacial score (nSPS) is 14.0. The van der Waals surface area contributed by atoms with Crippen molar-refractivity contribution < 1.29 is 9.59 Å². The summed E-state index contributed by atoms with van der Waals surface area (Å²) in [7, 11) is 0. The molecule has 5 aromatic rings. The highest BCUT2D eigenvalue weighted by molar-refractivity contribution is 5.98. The average Bonchev–Trinajstić information content (AvgIpc) is 3.48. The van der Waals surface area contributed by atoms with Gasteiger partial charge in [-0.05, 0) is 48.9 Å². The monoisotopic (exact) mass is 477 g/mol. The Morgan fingerprint density at radius 2 is 1.61 bits per heavy atom. The van der Waals surface area contributed by atoms with E-state index in [9.17, 15) is 9.59 Å². The summed E-state index contributed by atoms with van der Waals surface area (Å²) in [4.78, 5) is 37.9. The zero-order valence-electron chi connectivity index (χ0n) is 20.1. The van der Waals surface area contributed by atoms with Crippen molar-refractivity contribution in [3.8, 4) is 5.69 Å². The number of H-pyrrole nitrogens is 1. The average molecular weight is 478 g/mol. The summed E-state index contributed by atoms with van der Waals surface area (Å²) in [5, 5.41) is 1.08. The van der Waals surface area contributed by atoms with Crippen LogP contribution in [0.15, 0.2) is 79.0 Å². The molecule has 0 atom stereocenters. The number of amides is 2. The molecule has 3 aromatic carbocycles. The molecular formula is C29H27N5O2. The minimum Gasteiger partial charge on any atom is -0.361 e. The van der Waals surface area contributed by atoms with E-state index in [4.69, 9.17) is 4.98 Å². The molecule has 1 fully saturated rings. The molecule has 2 amide bonds. The van der Waals surface area contributed by atoms with E-state index in [1.54, 1.807) is 0 Å². The van der Waals surface area contributed by atoms with Gasteiger partial charge >= 0.3 is 0 Å². The third kappa shape index (κ3) is 3.92. The molecule has 0 bridgehead atoms. The third-order valence-corrected chi connectivity index (χ3v) is 7.02. The van der Waals surface area contributed by atoms with Gasteiger partial charge in [-0.3, -0.25) is 14.2 Å². The molecule has 1 aliphatic heterocycles. The highest BCUT2D eigenvalue weighted by Crippen LogP contribution is 2.23. The van der Waals surface area contributed by atoms with Crippen LogP contribution in [0, 0.1) is 6.92 Å². The van der Waals surface area contributed by atoms with Crippen molar-refractivity contribution in [1.29, 1.82) is 0 Å². The molecule has 7 heteroatoms. The Hall–Kier alpha value is -4.39. The number of rotatable bonds is 4. The lowest BCUT2D eigenvalue weighted by molar-refractivity contribution is -0.131. The Balaban J connectivity index is 1.13. The topological polar surface area (TPSA) is 74.2 Å². The van der Waals surface area contributed by atoms with Crippen molar-refractivity contribution in [3.63, 3.8) is 0 Å². The largest absolute Gasteiger partial charge is 0.361 e. The number of benzene rings is 3. The van der Waals surface area contributed by atoms with Crippen LogP contribution < -0.4 is 0 Å². The maximum absolute atomic E-state index is 13.3. The van der Waals surface area contributed by atoms with Gasteiger partial charge in [0.2, 0.25) is 5.91 Å². The van der Waals surface area contributed by atoms with E-state index < -0.39 is 0 Å². The van der Waals surface area contributed by atoms with E-state index in [0.29, 0.717) is 38.2 Å². The predicted octanol–water partition coefficient (Wildman–Crippen LogP) is 4.34. The molecular weight excluding hydrogens is 450 g/mol. The van der Waals surface area contributed by atoms with Crippen molar-refractivity contribution >= 4 is 33.8 Å². The van der Waals surface area contributed by atoms with Gasteiger partial charge in [-0.25, -0.2) is 4.98 Å². The highest BCUT2D eigenvalue weighted by Gasteiger charge is 2.26. The Labute approximate surface area is 209 Å². The number of nitrogens with zero attached hydrogens (tertiary/aromatic N) is 4. The molecule has 2 aromatic heterocycles. The molecule has 0 saturated carbocycles. The first-order chi connectivity index (χ1) is 17.6. The number of carbonyl (C=O) groups is 2. The van der Waals surface area contributed by atoms with Crippen LogP contribution in [0.25, 0.3) is 27.6 Å². The lowest BCUT2D eigenvalue weighted by Gasteiger charge is -2.35. The van der Waals surface area contributed by atoms with Crippen LogP contribution in [-0.4, -0.2) is 62.3 Å². The number of aryl methyl sites for hydroxylation is 1. The fourth-order valence-corrected chi connectivity index (χ4v) is 5.13. The molecule has 1 saturated heterocycles. The Morgan fingerprint density at radius 1 is 0.889 bits per heavy atom. The Kier molecular flexibility index (Phi) is 5.52. The zero-order valence-corrected chi connectivity index (χ0v) is 20.1. The van der Waals surface area contributed by atoms with Crippen LogP contribution >= 0.6 is 0 Å². The van der Waals surface area contributed by atoms with Gasteiger partial charge in [0.1, 0.15) is 5.82 Å². The van der Waals surface area contributed by atoms with Crippen molar-refractivity contribution in [2.24, 2.45) is 0 Å². The fourth-order valence-electron chi connectivity index (χ4n) is 5.13. The van der Waals surface area contributed by atoms with E-state index in [0.717, 1.165) is 39.0 Å². The summed E-state index contributed by atoms with van der Waals surface area (Å²) < 4.78 is 2.10. The molecule has 6 rings (SSSR count). The van der Waals surface area contributed by atoms with E-state index in [1.165, 1.54) is 0 Å². The Morgan fingerprint density at radius 3 is 2.42 bits per heavy atom. The summed E-state index contributed by atoms with van der Waals surface area (Å²) in [6.45, 7) is 4.09. The van der Waals surface area contributed by atoms with Crippen molar-refractivity contribution in [2.75, 3.05) is 26.2 Å². The number of imidazole rings is 1. The molecule has 1 N–H and O–H groups in total. The third-order valence-electron chi connectivity index (χ3n) is 7.02. The SMILES string of the molecule is Cc1nc2cc(C(=O)N3CCN(C(=O)Cc4c[nH]c5ccccc45)CC3)ccc2n1-c1ccccc1. The summed E-state index contributed by atoms with van der Waals surface area (Å²) in [5.41, 5.74) is 5.49. The second-order valence-electron chi connectivity index (χ2n) is 9.24. The number of fused-ring (bicyclic) bond motifs is 2. The summed E-state index contributed by atoms with van der Waals surface area (Å²) >= 11 is 0. The number of aromatic nitrogens is 3. The number of hydrogen-bond acceptors (Lipinski definition) is 3. The van der Waals surface area contributed by atoms with Crippen LogP contribution in [0.2, 0.25) is 0 Å². The molecule has 3 heterocycles. The van der Waals surface area contributed by atoms with Gasteiger partial charge in [0, 0.05) is 54.5 Å². The molecule has 0 radical (unpaired) electrons. The number of piperazine rings is 1. The van der Waals surface area contributed by atoms with Crippen LogP contribution in [0.4, 0.5) is 0 Å². The summed E-state index contributed by atoms with van der Waals surface area (Å²) in [6, 6.07) is 23.8.